The van der Waals surface area contributed by atoms with Gasteiger partial charge < -0.3 is 0 Å². The standard InChI is InChI=1S/C50H32N2/c1-3-15-33(16-4-1)48-32-49(52-50(51-48)34-17-5-2-6-18-34)39-28-37(46-30-35-19-7-9-21-40(35)42-23-11-13-25-44(42)46)27-38(29-39)47-31-36-20-8-10-22-41(36)43-24-12-14-26-45(43)47/h1-32H. The number of rotatable bonds is 5. The van der Waals surface area contributed by atoms with Crippen LogP contribution in [0.5, 0.6) is 0 Å². The van der Waals surface area contributed by atoms with Crippen LogP contribution in [0, 0.1) is 0 Å². The molecule has 0 saturated heterocycles. The molecule has 2 nitrogen and oxygen atoms in total. The van der Waals surface area contributed by atoms with Crippen molar-refractivity contribution in [1.82, 2.24) is 9.97 Å². The Hall–Kier alpha value is -6.90. The van der Waals surface area contributed by atoms with E-state index in [0.29, 0.717) is 5.82 Å². The van der Waals surface area contributed by atoms with Crippen LogP contribution in [0.3, 0.4) is 0 Å². The van der Waals surface area contributed by atoms with Crippen LogP contribution in [0.25, 0.3) is 99.2 Å². The van der Waals surface area contributed by atoms with Gasteiger partial charge in [0, 0.05) is 16.7 Å². The second-order valence-corrected chi connectivity index (χ2v) is 13.4. The minimum absolute atomic E-state index is 0.705. The van der Waals surface area contributed by atoms with Gasteiger partial charge in [-0.3, -0.25) is 0 Å². The van der Waals surface area contributed by atoms with E-state index in [1.54, 1.807) is 0 Å². The average molecular weight is 661 g/mol. The summed E-state index contributed by atoms with van der Waals surface area (Å²) in [6.07, 6.45) is 0. The molecule has 0 spiro atoms. The summed E-state index contributed by atoms with van der Waals surface area (Å²) in [6.45, 7) is 0. The van der Waals surface area contributed by atoms with Gasteiger partial charge in [-0.15, -0.1) is 0 Å². The molecule has 52 heavy (non-hydrogen) atoms. The zero-order valence-electron chi connectivity index (χ0n) is 28.4. The van der Waals surface area contributed by atoms with E-state index in [2.05, 4.69) is 170 Å². The van der Waals surface area contributed by atoms with Crippen LogP contribution in [0.2, 0.25) is 0 Å². The molecule has 0 amide bonds. The molecule has 0 radical (unpaired) electrons. The first-order chi connectivity index (χ1) is 25.8. The fourth-order valence-electron chi connectivity index (χ4n) is 7.74. The van der Waals surface area contributed by atoms with Gasteiger partial charge in [-0.25, -0.2) is 9.97 Å². The first-order valence-corrected chi connectivity index (χ1v) is 17.7. The third-order valence-corrected chi connectivity index (χ3v) is 10.2. The minimum atomic E-state index is 0.705. The Bertz CT molecular complexity index is 2750. The summed E-state index contributed by atoms with van der Waals surface area (Å²) in [7, 11) is 0. The van der Waals surface area contributed by atoms with Crippen molar-refractivity contribution in [3.05, 3.63) is 194 Å². The van der Waals surface area contributed by atoms with E-state index >= 15 is 0 Å². The minimum Gasteiger partial charge on any atom is -0.228 e. The third-order valence-electron chi connectivity index (χ3n) is 10.2. The summed E-state index contributed by atoms with van der Waals surface area (Å²) in [6, 6.07) is 69.5. The SMILES string of the molecule is c1ccc(-c2cc(-c3cc(-c4cc5ccccc5c5ccccc45)cc(-c4cc5ccccc5c5ccccc45)c3)nc(-c3ccccc3)n2)cc1. The van der Waals surface area contributed by atoms with Gasteiger partial charge in [0.15, 0.2) is 5.82 Å². The van der Waals surface area contributed by atoms with Gasteiger partial charge in [0.1, 0.15) is 0 Å². The summed E-state index contributed by atoms with van der Waals surface area (Å²) in [5, 5.41) is 9.91. The van der Waals surface area contributed by atoms with Crippen LogP contribution >= 0.6 is 0 Å². The fraction of sp³-hybridized carbons (Fsp3) is 0. The molecule has 10 rings (SSSR count). The number of nitrogens with zero attached hydrogens (tertiary/aromatic N) is 2. The molecule has 0 aliphatic rings. The highest BCUT2D eigenvalue weighted by atomic mass is 14.9. The maximum absolute atomic E-state index is 5.28. The van der Waals surface area contributed by atoms with E-state index in [-0.39, 0.29) is 0 Å². The van der Waals surface area contributed by atoms with E-state index in [1.165, 1.54) is 54.2 Å². The molecule has 242 valence electrons. The smallest absolute Gasteiger partial charge is 0.160 e. The molecule has 1 aromatic heterocycles. The number of hydrogen-bond acceptors (Lipinski definition) is 2. The van der Waals surface area contributed by atoms with Crippen LogP contribution in [-0.2, 0) is 0 Å². The lowest BCUT2D eigenvalue weighted by molar-refractivity contribution is 1.18. The van der Waals surface area contributed by atoms with Gasteiger partial charge >= 0.3 is 0 Å². The van der Waals surface area contributed by atoms with Crippen LogP contribution in [0.4, 0.5) is 0 Å². The van der Waals surface area contributed by atoms with Gasteiger partial charge in [0.2, 0.25) is 0 Å². The Morgan fingerprint density at radius 1 is 0.250 bits per heavy atom. The molecule has 0 aliphatic heterocycles. The van der Waals surface area contributed by atoms with Crippen LogP contribution in [0.1, 0.15) is 0 Å². The van der Waals surface area contributed by atoms with Crippen LogP contribution in [0.15, 0.2) is 194 Å². The molecule has 0 aliphatic carbocycles. The van der Waals surface area contributed by atoms with Crippen molar-refractivity contribution < 1.29 is 0 Å². The summed E-state index contributed by atoms with van der Waals surface area (Å²) < 4.78 is 0. The van der Waals surface area contributed by atoms with E-state index < -0.39 is 0 Å². The van der Waals surface area contributed by atoms with Crippen molar-refractivity contribution >= 4 is 43.1 Å². The highest BCUT2D eigenvalue weighted by Crippen LogP contribution is 2.42. The molecule has 9 aromatic carbocycles. The topological polar surface area (TPSA) is 25.8 Å². The number of fused-ring (bicyclic) bond motifs is 6. The number of hydrogen-bond donors (Lipinski definition) is 0. The molecular formula is C50H32N2. The molecule has 0 atom stereocenters. The molecule has 1 heterocycles. The zero-order chi connectivity index (χ0) is 34.4. The molecular weight excluding hydrogens is 629 g/mol. The van der Waals surface area contributed by atoms with Crippen molar-refractivity contribution in [2.75, 3.05) is 0 Å². The van der Waals surface area contributed by atoms with Crippen LogP contribution < -0.4 is 0 Å². The Morgan fingerprint density at radius 3 is 1.15 bits per heavy atom. The maximum Gasteiger partial charge on any atom is 0.160 e. The predicted octanol–water partition coefficient (Wildman–Crippen LogP) is 13.4. The summed E-state index contributed by atoms with van der Waals surface area (Å²) in [4.78, 5) is 10.4. The Morgan fingerprint density at radius 2 is 0.635 bits per heavy atom. The van der Waals surface area contributed by atoms with Gasteiger partial charge in [0.25, 0.3) is 0 Å². The monoisotopic (exact) mass is 660 g/mol. The zero-order valence-corrected chi connectivity index (χ0v) is 28.4. The Balaban J connectivity index is 1.30. The lowest BCUT2D eigenvalue weighted by Crippen LogP contribution is -1.97. The molecule has 0 unspecified atom stereocenters. The normalized spacial score (nSPS) is 11.5. The highest BCUT2D eigenvalue weighted by molar-refractivity contribution is 6.16. The summed E-state index contributed by atoms with van der Waals surface area (Å²) in [5.41, 5.74) is 9.54. The van der Waals surface area contributed by atoms with Gasteiger partial charge in [-0.1, -0.05) is 158 Å². The molecule has 2 heteroatoms. The molecule has 0 bridgehead atoms. The average Bonchev–Trinajstić information content (AvgIpc) is 3.23. The quantitative estimate of drug-likeness (QED) is 0.172. The lowest BCUT2D eigenvalue weighted by Gasteiger charge is -2.17. The van der Waals surface area contributed by atoms with Gasteiger partial charge in [-0.2, -0.15) is 0 Å². The first-order valence-electron chi connectivity index (χ1n) is 17.7. The molecule has 0 fully saturated rings. The van der Waals surface area contributed by atoms with Crippen molar-refractivity contribution in [3.8, 4) is 56.2 Å². The van der Waals surface area contributed by atoms with Crippen LogP contribution in [-0.4, -0.2) is 9.97 Å². The predicted molar refractivity (Wildman–Crippen MR) is 219 cm³/mol. The van der Waals surface area contributed by atoms with Gasteiger partial charge in [-0.05, 0) is 102 Å². The van der Waals surface area contributed by atoms with E-state index in [9.17, 15) is 0 Å². The highest BCUT2D eigenvalue weighted by Gasteiger charge is 2.17. The summed E-state index contributed by atoms with van der Waals surface area (Å²) in [5.74, 6) is 0.705. The number of aromatic nitrogens is 2. The summed E-state index contributed by atoms with van der Waals surface area (Å²) >= 11 is 0. The van der Waals surface area contributed by atoms with E-state index in [0.717, 1.165) is 39.2 Å². The molecule has 10 aromatic rings. The second-order valence-electron chi connectivity index (χ2n) is 13.4. The van der Waals surface area contributed by atoms with Crippen molar-refractivity contribution in [2.24, 2.45) is 0 Å². The Kier molecular flexibility index (Phi) is 7.18. The fourth-order valence-corrected chi connectivity index (χ4v) is 7.74. The molecule has 0 saturated carbocycles. The molecule has 0 N–H and O–H groups in total. The van der Waals surface area contributed by atoms with E-state index in [1.807, 2.05) is 24.3 Å². The van der Waals surface area contributed by atoms with Crippen molar-refractivity contribution in [2.45, 2.75) is 0 Å². The first kappa shape index (κ1) is 30.0. The lowest BCUT2D eigenvalue weighted by atomic mass is 9.88. The van der Waals surface area contributed by atoms with Crippen molar-refractivity contribution in [1.29, 1.82) is 0 Å². The Labute approximate surface area is 302 Å². The maximum atomic E-state index is 5.28. The third kappa shape index (κ3) is 5.21. The van der Waals surface area contributed by atoms with Gasteiger partial charge in [0.05, 0.1) is 11.4 Å². The number of benzene rings is 9. The second kappa shape index (κ2) is 12.5. The van der Waals surface area contributed by atoms with Crippen molar-refractivity contribution in [3.63, 3.8) is 0 Å². The largest absolute Gasteiger partial charge is 0.228 e. The van der Waals surface area contributed by atoms with E-state index in [4.69, 9.17) is 9.97 Å².